The van der Waals surface area contributed by atoms with Crippen LogP contribution in [0.25, 0.3) is 64.2 Å². The lowest BCUT2D eigenvalue weighted by molar-refractivity contribution is 1.30. The summed E-state index contributed by atoms with van der Waals surface area (Å²) in [4.78, 5) is 7.30. The molecule has 0 saturated heterocycles. The number of fused-ring (bicyclic) bond motifs is 5. The number of rotatable bonds is 5. The maximum Gasteiger partial charge on any atom is 0.124 e. The second-order valence-corrected chi connectivity index (χ2v) is 12.7. The van der Waals surface area contributed by atoms with Gasteiger partial charge in [0.05, 0.1) is 15.9 Å². The first-order valence-electron chi connectivity index (χ1n) is 15.5. The Hall–Kier alpha value is -5.77. The SMILES string of the molecule is c1ccc2cc(-c3ccc(N(c4ccc(-c5nc6ccccc6s5)cc4)c4cc5ccccc5c5ccccc45)cc3)ccc2c1. The Kier molecular flexibility index (Phi) is 6.36. The summed E-state index contributed by atoms with van der Waals surface area (Å²) >= 11 is 1.74. The molecule has 0 fully saturated rings. The number of hydrogen-bond acceptors (Lipinski definition) is 3. The number of nitrogens with zero attached hydrogens (tertiary/aromatic N) is 2. The van der Waals surface area contributed by atoms with Crippen LogP contribution in [0.3, 0.4) is 0 Å². The van der Waals surface area contributed by atoms with E-state index in [9.17, 15) is 0 Å². The summed E-state index contributed by atoms with van der Waals surface area (Å²) in [6.07, 6.45) is 0. The molecule has 9 rings (SSSR count). The van der Waals surface area contributed by atoms with E-state index in [1.807, 2.05) is 6.07 Å². The Labute approximate surface area is 271 Å². The van der Waals surface area contributed by atoms with E-state index < -0.39 is 0 Å². The van der Waals surface area contributed by atoms with E-state index in [0.29, 0.717) is 0 Å². The summed E-state index contributed by atoms with van der Waals surface area (Å²) in [5, 5.41) is 8.50. The zero-order valence-corrected chi connectivity index (χ0v) is 25.8. The highest BCUT2D eigenvalue weighted by atomic mass is 32.1. The van der Waals surface area contributed by atoms with Gasteiger partial charge in [0.25, 0.3) is 0 Å². The third-order valence-corrected chi connectivity index (χ3v) is 9.95. The molecule has 0 amide bonds. The number of anilines is 3. The lowest BCUT2D eigenvalue weighted by Gasteiger charge is -2.28. The molecular weight excluding hydrogens is 577 g/mol. The van der Waals surface area contributed by atoms with Crippen LogP contribution in [0.5, 0.6) is 0 Å². The zero-order valence-electron chi connectivity index (χ0n) is 25.0. The van der Waals surface area contributed by atoms with Crippen molar-refractivity contribution in [3.63, 3.8) is 0 Å². The van der Waals surface area contributed by atoms with Crippen molar-refractivity contribution < 1.29 is 0 Å². The highest BCUT2D eigenvalue weighted by molar-refractivity contribution is 7.21. The molecule has 0 unspecified atom stereocenters. The summed E-state index contributed by atoms with van der Waals surface area (Å²) in [5.74, 6) is 0. The molecule has 0 aliphatic carbocycles. The predicted octanol–water partition coefficient (Wildman–Crippen LogP) is 12.6. The van der Waals surface area contributed by atoms with E-state index in [1.165, 1.54) is 48.1 Å². The smallest absolute Gasteiger partial charge is 0.124 e. The van der Waals surface area contributed by atoms with E-state index >= 15 is 0 Å². The molecule has 0 aliphatic heterocycles. The van der Waals surface area contributed by atoms with Crippen LogP contribution >= 0.6 is 11.3 Å². The largest absolute Gasteiger partial charge is 0.310 e. The first kappa shape index (κ1) is 26.6. The van der Waals surface area contributed by atoms with Crippen LogP contribution in [-0.2, 0) is 0 Å². The van der Waals surface area contributed by atoms with Gasteiger partial charge in [0, 0.05) is 22.3 Å². The fourth-order valence-corrected chi connectivity index (χ4v) is 7.54. The van der Waals surface area contributed by atoms with Crippen LogP contribution in [0, 0.1) is 0 Å². The molecule has 0 atom stereocenters. The fraction of sp³-hybridized carbons (Fsp3) is 0. The minimum Gasteiger partial charge on any atom is -0.310 e. The quantitative estimate of drug-likeness (QED) is 0.182. The molecule has 1 aromatic heterocycles. The standard InChI is InChI=1S/C43H28N2S/c1-2-10-32-27-33(18-17-29(32)9-1)30-19-23-35(24-20-30)45(41-28-34-11-3-4-12-37(34)38-13-5-6-14-39(38)41)36-25-21-31(22-26-36)43-44-40-15-7-8-16-42(40)46-43/h1-28H. The molecule has 46 heavy (non-hydrogen) atoms. The molecule has 8 aromatic carbocycles. The molecular formula is C43H28N2S. The Morgan fingerprint density at radius 1 is 0.413 bits per heavy atom. The van der Waals surface area contributed by atoms with E-state index in [4.69, 9.17) is 4.98 Å². The van der Waals surface area contributed by atoms with Gasteiger partial charge in [0.1, 0.15) is 5.01 Å². The summed E-state index contributed by atoms with van der Waals surface area (Å²) in [6, 6.07) is 61.1. The summed E-state index contributed by atoms with van der Waals surface area (Å²) in [5.41, 5.74) is 7.95. The van der Waals surface area contributed by atoms with Crippen LogP contribution in [0.15, 0.2) is 170 Å². The average Bonchev–Trinajstić information content (AvgIpc) is 3.57. The van der Waals surface area contributed by atoms with Gasteiger partial charge in [0.2, 0.25) is 0 Å². The van der Waals surface area contributed by atoms with E-state index in [-0.39, 0.29) is 0 Å². The summed E-state index contributed by atoms with van der Waals surface area (Å²) in [6.45, 7) is 0. The zero-order chi connectivity index (χ0) is 30.5. The van der Waals surface area contributed by atoms with Crippen molar-refractivity contribution in [2.45, 2.75) is 0 Å². The third-order valence-electron chi connectivity index (χ3n) is 8.86. The number of aromatic nitrogens is 1. The predicted molar refractivity (Wildman–Crippen MR) is 198 cm³/mol. The number of thiazole rings is 1. The molecule has 0 radical (unpaired) electrons. The average molecular weight is 605 g/mol. The number of benzene rings is 8. The molecule has 1 heterocycles. The molecule has 216 valence electrons. The lowest BCUT2D eigenvalue weighted by Crippen LogP contribution is -2.10. The Morgan fingerprint density at radius 2 is 1.00 bits per heavy atom. The summed E-state index contributed by atoms with van der Waals surface area (Å²) in [7, 11) is 0. The topological polar surface area (TPSA) is 16.1 Å². The molecule has 2 nitrogen and oxygen atoms in total. The molecule has 0 spiro atoms. The molecule has 0 bridgehead atoms. The first-order valence-corrected chi connectivity index (χ1v) is 16.4. The van der Waals surface area contributed by atoms with Gasteiger partial charge in [-0.2, -0.15) is 0 Å². The minimum absolute atomic E-state index is 1.04. The van der Waals surface area contributed by atoms with Crippen molar-refractivity contribution in [2.24, 2.45) is 0 Å². The van der Waals surface area contributed by atoms with Crippen LogP contribution in [0.2, 0.25) is 0 Å². The van der Waals surface area contributed by atoms with Crippen molar-refractivity contribution in [3.8, 4) is 21.7 Å². The Bertz CT molecular complexity index is 2490. The first-order chi connectivity index (χ1) is 22.8. The number of hydrogen-bond donors (Lipinski definition) is 0. The monoisotopic (exact) mass is 604 g/mol. The van der Waals surface area contributed by atoms with Gasteiger partial charge in [0.15, 0.2) is 0 Å². The van der Waals surface area contributed by atoms with Crippen LogP contribution in [0.1, 0.15) is 0 Å². The van der Waals surface area contributed by atoms with Gasteiger partial charge in [-0.3, -0.25) is 0 Å². The van der Waals surface area contributed by atoms with Gasteiger partial charge in [-0.15, -0.1) is 11.3 Å². The van der Waals surface area contributed by atoms with Crippen molar-refractivity contribution >= 4 is 70.9 Å². The normalized spacial score (nSPS) is 11.5. The van der Waals surface area contributed by atoms with Crippen LogP contribution in [0.4, 0.5) is 17.1 Å². The van der Waals surface area contributed by atoms with Crippen molar-refractivity contribution in [1.29, 1.82) is 0 Å². The van der Waals surface area contributed by atoms with Gasteiger partial charge in [-0.25, -0.2) is 4.98 Å². The van der Waals surface area contributed by atoms with Gasteiger partial charge < -0.3 is 4.90 Å². The maximum absolute atomic E-state index is 4.91. The molecule has 0 N–H and O–H groups in total. The Balaban J connectivity index is 1.19. The van der Waals surface area contributed by atoms with E-state index in [2.05, 4.69) is 169 Å². The molecule has 0 aliphatic rings. The second kappa shape index (κ2) is 11.0. The molecule has 9 aromatic rings. The third kappa shape index (κ3) is 4.61. The van der Waals surface area contributed by atoms with Gasteiger partial charge >= 0.3 is 0 Å². The Morgan fingerprint density at radius 3 is 1.76 bits per heavy atom. The van der Waals surface area contributed by atoms with Crippen LogP contribution in [-0.4, -0.2) is 4.98 Å². The fourth-order valence-electron chi connectivity index (χ4n) is 6.57. The summed E-state index contributed by atoms with van der Waals surface area (Å²) < 4.78 is 1.21. The lowest BCUT2D eigenvalue weighted by atomic mass is 9.98. The maximum atomic E-state index is 4.91. The molecule has 0 saturated carbocycles. The van der Waals surface area contributed by atoms with Gasteiger partial charge in [-0.1, -0.05) is 109 Å². The van der Waals surface area contributed by atoms with Crippen molar-refractivity contribution in [3.05, 3.63) is 170 Å². The van der Waals surface area contributed by atoms with Crippen molar-refractivity contribution in [2.75, 3.05) is 4.90 Å². The number of para-hydroxylation sites is 1. The van der Waals surface area contributed by atoms with Gasteiger partial charge in [-0.05, 0) is 98.7 Å². The van der Waals surface area contributed by atoms with E-state index in [0.717, 1.165) is 33.1 Å². The molecule has 3 heteroatoms. The highest BCUT2D eigenvalue weighted by Crippen LogP contribution is 2.43. The second-order valence-electron chi connectivity index (χ2n) is 11.6. The highest BCUT2D eigenvalue weighted by Gasteiger charge is 2.18. The minimum atomic E-state index is 1.04. The van der Waals surface area contributed by atoms with Crippen LogP contribution < -0.4 is 4.90 Å². The van der Waals surface area contributed by atoms with E-state index in [1.54, 1.807) is 11.3 Å². The van der Waals surface area contributed by atoms with Crippen molar-refractivity contribution in [1.82, 2.24) is 4.98 Å².